The summed E-state index contributed by atoms with van der Waals surface area (Å²) in [6.07, 6.45) is 3.42. The van der Waals surface area contributed by atoms with E-state index in [0.29, 0.717) is 27.9 Å². The fourth-order valence-corrected chi connectivity index (χ4v) is 2.99. The number of nitrogens with zero attached hydrogens (tertiary/aromatic N) is 4. The van der Waals surface area contributed by atoms with Gasteiger partial charge in [0.2, 0.25) is 5.95 Å². The van der Waals surface area contributed by atoms with Gasteiger partial charge >= 0.3 is 0 Å². The van der Waals surface area contributed by atoms with E-state index in [1.807, 2.05) is 13.0 Å². The van der Waals surface area contributed by atoms with E-state index in [-0.39, 0.29) is 0 Å². The van der Waals surface area contributed by atoms with Crippen molar-refractivity contribution in [1.82, 2.24) is 9.97 Å². The summed E-state index contributed by atoms with van der Waals surface area (Å²) in [6.45, 7) is 3.68. The lowest BCUT2D eigenvalue weighted by Gasteiger charge is -2.13. The van der Waals surface area contributed by atoms with Crippen molar-refractivity contribution in [2.45, 2.75) is 13.8 Å². The highest BCUT2D eigenvalue weighted by molar-refractivity contribution is 6.33. The Morgan fingerprint density at radius 2 is 1.86 bits per heavy atom. The molecule has 0 bridgehead atoms. The van der Waals surface area contributed by atoms with Crippen LogP contribution in [0.2, 0.25) is 5.02 Å². The van der Waals surface area contributed by atoms with E-state index in [9.17, 15) is 0 Å². The number of rotatable bonds is 5. The Balaban J connectivity index is 1.81. The van der Waals surface area contributed by atoms with Gasteiger partial charge in [-0.1, -0.05) is 11.6 Å². The van der Waals surface area contributed by atoms with Crippen molar-refractivity contribution in [2.24, 2.45) is 0 Å². The zero-order valence-electron chi connectivity index (χ0n) is 15.9. The third-order valence-corrected chi connectivity index (χ3v) is 4.35. The molecule has 0 saturated carbocycles. The van der Waals surface area contributed by atoms with Gasteiger partial charge in [-0.15, -0.1) is 0 Å². The molecule has 29 heavy (non-hydrogen) atoms. The van der Waals surface area contributed by atoms with Gasteiger partial charge in [0, 0.05) is 17.5 Å². The monoisotopic (exact) mass is 400 g/mol. The summed E-state index contributed by atoms with van der Waals surface area (Å²) in [6, 6.07) is 16.7. The van der Waals surface area contributed by atoms with E-state index >= 15 is 0 Å². The number of allylic oxidation sites excluding steroid dienone is 1. The number of nitriles is 2. The lowest BCUT2D eigenvalue weighted by molar-refractivity contribution is 1.16. The molecular weight excluding hydrogens is 384 g/mol. The van der Waals surface area contributed by atoms with Crippen LogP contribution in [0, 0.1) is 29.6 Å². The topological polar surface area (TPSA) is 97.4 Å². The predicted octanol–water partition coefficient (Wildman–Crippen LogP) is 5.72. The van der Waals surface area contributed by atoms with Crippen molar-refractivity contribution >= 4 is 40.8 Å². The minimum Gasteiger partial charge on any atom is -0.339 e. The molecule has 7 heteroatoms. The summed E-state index contributed by atoms with van der Waals surface area (Å²) in [5.74, 6) is 0.996. The Bertz CT molecular complexity index is 1130. The first kappa shape index (κ1) is 19.9. The quantitative estimate of drug-likeness (QED) is 0.531. The molecular formula is C22H17ClN6. The van der Waals surface area contributed by atoms with E-state index in [1.165, 1.54) is 0 Å². The largest absolute Gasteiger partial charge is 0.339 e. The molecule has 6 nitrogen and oxygen atoms in total. The highest BCUT2D eigenvalue weighted by Crippen LogP contribution is 2.31. The number of benzene rings is 2. The van der Waals surface area contributed by atoms with Crippen LogP contribution in [0.15, 0.2) is 54.2 Å². The molecule has 3 aromatic rings. The molecule has 0 radical (unpaired) electrons. The normalized spacial score (nSPS) is 10.7. The van der Waals surface area contributed by atoms with Gasteiger partial charge in [0.15, 0.2) is 0 Å². The fraction of sp³-hybridized carbons (Fsp3) is 0.0909. The van der Waals surface area contributed by atoms with Gasteiger partial charge < -0.3 is 10.6 Å². The summed E-state index contributed by atoms with van der Waals surface area (Å²) < 4.78 is 0. The minimum absolute atomic E-state index is 0.415. The van der Waals surface area contributed by atoms with Crippen LogP contribution in [0.25, 0.3) is 6.08 Å². The number of halogens is 1. The van der Waals surface area contributed by atoms with E-state index in [1.54, 1.807) is 55.6 Å². The van der Waals surface area contributed by atoms with Crippen molar-refractivity contribution < 1.29 is 0 Å². The molecule has 0 aliphatic rings. The summed E-state index contributed by atoms with van der Waals surface area (Å²) in [5.41, 5.74) is 4.49. The number of hydrogen-bond donors (Lipinski definition) is 2. The third-order valence-electron chi connectivity index (χ3n) is 4.05. The first-order valence-electron chi connectivity index (χ1n) is 8.74. The van der Waals surface area contributed by atoms with E-state index < -0.39 is 0 Å². The standard InChI is InChI=1S/C22H17ClN6/c1-14(12-24)9-17-10-15(2)21(19(23)11-17)28-20-7-8-26-22(29-20)27-18-5-3-16(13-25)4-6-18/h3-11H,1-2H3,(H2,26,27,28,29). The number of anilines is 4. The van der Waals surface area contributed by atoms with Gasteiger partial charge in [0.1, 0.15) is 5.82 Å². The molecule has 0 spiro atoms. The molecule has 0 amide bonds. The van der Waals surface area contributed by atoms with Crippen LogP contribution < -0.4 is 10.6 Å². The van der Waals surface area contributed by atoms with E-state index in [4.69, 9.17) is 22.1 Å². The fourth-order valence-electron chi connectivity index (χ4n) is 2.67. The van der Waals surface area contributed by atoms with Crippen LogP contribution >= 0.6 is 11.6 Å². The van der Waals surface area contributed by atoms with Gasteiger partial charge in [-0.05, 0) is 73.5 Å². The average molecular weight is 401 g/mol. The van der Waals surface area contributed by atoms with Gasteiger partial charge in [-0.25, -0.2) is 4.98 Å². The summed E-state index contributed by atoms with van der Waals surface area (Å²) in [4.78, 5) is 8.68. The van der Waals surface area contributed by atoms with Crippen LogP contribution in [0.5, 0.6) is 0 Å². The Hall–Kier alpha value is -3.87. The Kier molecular flexibility index (Phi) is 6.09. The highest BCUT2D eigenvalue weighted by atomic mass is 35.5. The molecule has 0 atom stereocenters. The molecule has 0 fully saturated rings. The Labute approximate surface area is 174 Å². The zero-order valence-corrected chi connectivity index (χ0v) is 16.6. The maximum atomic E-state index is 8.94. The number of aryl methyl sites for hydroxylation is 1. The second kappa shape index (κ2) is 8.88. The molecule has 1 heterocycles. The maximum absolute atomic E-state index is 8.94. The number of aromatic nitrogens is 2. The second-order valence-electron chi connectivity index (χ2n) is 6.34. The average Bonchev–Trinajstić information content (AvgIpc) is 2.71. The van der Waals surface area contributed by atoms with Crippen LogP contribution in [0.4, 0.5) is 23.1 Å². The van der Waals surface area contributed by atoms with Crippen molar-refractivity contribution in [3.63, 3.8) is 0 Å². The molecule has 142 valence electrons. The molecule has 2 aromatic carbocycles. The van der Waals surface area contributed by atoms with Crippen LogP contribution in [-0.4, -0.2) is 9.97 Å². The van der Waals surface area contributed by atoms with Gasteiger partial charge in [0.25, 0.3) is 0 Å². The smallest absolute Gasteiger partial charge is 0.229 e. The van der Waals surface area contributed by atoms with Crippen LogP contribution in [0.3, 0.4) is 0 Å². The van der Waals surface area contributed by atoms with Crippen LogP contribution in [0.1, 0.15) is 23.6 Å². The van der Waals surface area contributed by atoms with Gasteiger partial charge in [-0.2, -0.15) is 15.5 Å². The molecule has 0 aliphatic carbocycles. The minimum atomic E-state index is 0.415. The molecule has 0 unspecified atom stereocenters. The molecule has 3 rings (SSSR count). The molecule has 1 aromatic heterocycles. The lowest BCUT2D eigenvalue weighted by Crippen LogP contribution is -2.02. The SMILES string of the molecule is CC(C#N)=Cc1cc(C)c(Nc2ccnc(Nc3ccc(C#N)cc3)n2)c(Cl)c1. The first-order chi connectivity index (χ1) is 14.0. The van der Waals surface area contributed by atoms with Crippen molar-refractivity contribution in [1.29, 1.82) is 10.5 Å². The Morgan fingerprint density at radius 3 is 2.52 bits per heavy atom. The zero-order chi connectivity index (χ0) is 20.8. The first-order valence-corrected chi connectivity index (χ1v) is 9.12. The van der Waals surface area contributed by atoms with Crippen molar-refractivity contribution in [3.8, 4) is 12.1 Å². The van der Waals surface area contributed by atoms with E-state index in [2.05, 4.69) is 32.7 Å². The number of hydrogen-bond acceptors (Lipinski definition) is 6. The van der Waals surface area contributed by atoms with Gasteiger partial charge in [-0.3, -0.25) is 0 Å². The van der Waals surface area contributed by atoms with Crippen molar-refractivity contribution in [2.75, 3.05) is 10.6 Å². The van der Waals surface area contributed by atoms with Gasteiger partial charge in [0.05, 0.1) is 28.4 Å². The van der Waals surface area contributed by atoms with Crippen molar-refractivity contribution in [3.05, 3.63) is 75.9 Å². The molecule has 0 saturated heterocycles. The number of nitrogens with one attached hydrogen (secondary N) is 2. The highest BCUT2D eigenvalue weighted by Gasteiger charge is 2.09. The second-order valence-corrected chi connectivity index (χ2v) is 6.75. The lowest BCUT2D eigenvalue weighted by atomic mass is 10.1. The maximum Gasteiger partial charge on any atom is 0.229 e. The predicted molar refractivity (Wildman–Crippen MR) is 115 cm³/mol. The molecule has 2 N–H and O–H groups in total. The summed E-state index contributed by atoms with van der Waals surface area (Å²) in [7, 11) is 0. The summed E-state index contributed by atoms with van der Waals surface area (Å²) in [5, 5.41) is 24.7. The van der Waals surface area contributed by atoms with E-state index in [0.717, 1.165) is 22.5 Å². The van der Waals surface area contributed by atoms with Crippen LogP contribution in [-0.2, 0) is 0 Å². The molecule has 0 aliphatic heterocycles. The Morgan fingerprint density at radius 1 is 1.10 bits per heavy atom. The summed E-state index contributed by atoms with van der Waals surface area (Å²) >= 11 is 6.45. The third kappa shape index (κ3) is 5.10.